The zero-order valence-electron chi connectivity index (χ0n) is 7.42. The molecule has 13 heavy (non-hydrogen) atoms. The highest BCUT2D eigenvalue weighted by Crippen LogP contribution is 2.13. The van der Waals surface area contributed by atoms with Crippen molar-refractivity contribution in [1.29, 1.82) is 0 Å². The van der Waals surface area contributed by atoms with E-state index in [1.54, 1.807) is 11.6 Å². The Bertz CT molecular complexity index is 249. The SMILES string of the molecule is CCC(C)(CO)NS(=O)(=O)C(F)F. The summed E-state index contributed by atoms with van der Waals surface area (Å²) in [6.45, 7) is 2.42. The predicted molar refractivity (Wildman–Crippen MR) is 43.8 cm³/mol. The van der Waals surface area contributed by atoms with E-state index >= 15 is 0 Å². The van der Waals surface area contributed by atoms with Crippen LogP contribution in [-0.2, 0) is 10.0 Å². The summed E-state index contributed by atoms with van der Waals surface area (Å²) in [5.74, 6) is -3.47. The van der Waals surface area contributed by atoms with Crippen molar-refractivity contribution >= 4 is 10.0 Å². The van der Waals surface area contributed by atoms with Crippen molar-refractivity contribution in [3.8, 4) is 0 Å². The first-order chi connectivity index (χ1) is 5.77. The van der Waals surface area contributed by atoms with Crippen molar-refractivity contribution in [2.45, 2.75) is 31.6 Å². The summed E-state index contributed by atoms with van der Waals surface area (Å²) in [7, 11) is -4.62. The summed E-state index contributed by atoms with van der Waals surface area (Å²) >= 11 is 0. The molecule has 0 aliphatic heterocycles. The molecule has 0 aromatic rings. The molecule has 0 rings (SSSR count). The van der Waals surface area contributed by atoms with E-state index in [0.29, 0.717) is 0 Å². The second-order valence-electron chi connectivity index (χ2n) is 2.98. The number of sulfonamides is 1. The Labute approximate surface area is 76.0 Å². The van der Waals surface area contributed by atoms with Gasteiger partial charge in [0.1, 0.15) is 0 Å². The molecule has 1 atom stereocenters. The maximum Gasteiger partial charge on any atom is 0.350 e. The summed E-state index contributed by atoms with van der Waals surface area (Å²) in [5, 5.41) is 8.76. The molecule has 4 nitrogen and oxygen atoms in total. The van der Waals surface area contributed by atoms with Gasteiger partial charge in [0.2, 0.25) is 0 Å². The first-order valence-corrected chi connectivity index (χ1v) is 5.24. The fourth-order valence-electron chi connectivity index (χ4n) is 0.604. The van der Waals surface area contributed by atoms with Crippen LogP contribution in [0.15, 0.2) is 0 Å². The van der Waals surface area contributed by atoms with E-state index in [9.17, 15) is 17.2 Å². The molecule has 2 N–H and O–H groups in total. The molecule has 80 valence electrons. The van der Waals surface area contributed by atoms with Gasteiger partial charge in [-0.15, -0.1) is 0 Å². The number of rotatable bonds is 5. The molecule has 0 heterocycles. The Hall–Kier alpha value is -0.270. The van der Waals surface area contributed by atoms with Crippen molar-refractivity contribution in [3.63, 3.8) is 0 Å². The van der Waals surface area contributed by atoms with E-state index in [-0.39, 0.29) is 6.42 Å². The van der Waals surface area contributed by atoms with Crippen molar-refractivity contribution in [2.75, 3.05) is 6.61 Å². The van der Waals surface area contributed by atoms with Crippen molar-refractivity contribution in [1.82, 2.24) is 4.72 Å². The maximum absolute atomic E-state index is 11.9. The standard InChI is InChI=1S/C6H13F2NO3S/c1-3-6(2,4-10)9-13(11,12)5(7)8/h5,9-10H,3-4H2,1-2H3. The van der Waals surface area contributed by atoms with Crippen LogP contribution in [0.3, 0.4) is 0 Å². The Balaban J connectivity index is 4.60. The van der Waals surface area contributed by atoms with Gasteiger partial charge in [0.15, 0.2) is 0 Å². The second-order valence-corrected chi connectivity index (χ2v) is 4.63. The summed E-state index contributed by atoms with van der Waals surface area (Å²) in [6.07, 6.45) is 0.232. The number of halogens is 2. The van der Waals surface area contributed by atoms with Crippen LogP contribution in [0.5, 0.6) is 0 Å². The van der Waals surface area contributed by atoms with Crippen LogP contribution in [0.2, 0.25) is 0 Å². The molecule has 0 spiro atoms. The topological polar surface area (TPSA) is 66.4 Å². The molecule has 0 aromatic carbocycles. The van der Waals surface area contributed by atoms with Crippen LogP contribution < -0.4 is 4.72 Å². The second kappa shape index (κ2) is 4.30. The van der Waals surface area contributed by atoms with Gasteiger partial charge < -0.3 is 5.11 Å². The first-order valence-electron chi connectivity index (χ1n) is 3.69. The molecule has 0 bridgehead atoms. The van der Waals surface area contributed by atoms with Gasteiger partial charge in [0.25, 0.3) is 10.0 Å². The number of hydrogen-bond acceptors (Lipinski definition) is 3. The van der Waals surface area contributed by atoms with E-state index in [1.165, 1.54) is 6.92 Å². The molecule has 0 saturated carbocycles. The van der Waals surface area contributed by atoms with Gasteiger partial charge in [-0.1, -0.05) is 6.92 Å². The average molecular weight is 217 g/mol. The average Bonchev–Trinajstić information content (AvgIpc) is 2.03. The summed E-state index contributed by atoms with van der Waals surface area (Å²) in [4.78, 5) is 0. The quantitative estimate of drug-likeness (QED) is 0.695. The predicted octanol–water partition coefficient (Wildman–Crippen LogP) is 0.289. The van der Waals surface area contributed by atoms with Crippen LogP contribution in [0.25, 0.3) is 0 Å². The highest BCUT2D eigenvalue weighted by molar-refractivity contribution is 7.89. The molecule has 0 aromatic heterocycles. The van der Waals surface area contributed by atoms with E-state index in [2.05, 4.69) is 0 Å². The van der Waals surface area contributed by atoms with Crippen LogP contribution in [0.4, 0.5) is 8.78 Å². The molecule has 0 aliphatic rings. The Morgan fingerprint density at radius 3 is 2.23 bits per heavy atom. The number of aliphatic hydroxyl groups is 1. The molecule has 0 fully saturated rings. The van der Waals surface area contributed by atoms with Gasteiger partial charge in [-0.2, -0.15) is 8.78 Å². The zero-order chi connectivity index (χ0) is 10.7. The number of hydrogen-bond donors (Lipinski definition) is 2. The smallest absolute Gasteiger partial charge is 0.350 e. The first kappa shape index (κ1) is 12.7. The third kappa shape index (κ3) is 3.53. The minimum absolute atomic E-state index is 0.232. The highest BCUT2D eigenvalue weighted by Gasteiger charge is 2.32. The van der Waals surface area contributed by atoms with Gasteiger partial charge in [-0.05, 0) is 13.3 Å². The highest BCUT2D eigenvalue weighted by atomic mass is 32.2. The van der Waals surface area contributed by atoms with Crippen LogP contribution in [-0.4, -0.2) is 31.4 Å². The molecule has 0 aliphatic carbocycles. The lowest BCUT2D eigenvalue weighted by Gasteiger charge is -2.26. The summed E-state index contributed by atoms with van der Waals surface area (Å²) < 4.78 is 46.9. The molecular weight excluding hydrogens is 204 g/mol. The molecular formula is C6H13F2NO3S. The van der Waals surface area contributed by atoms with Crippen LogP contribution in [0, 0.1) is 0 Å². The lowest BCUT2D eigenvalue weighted by atomic mass is 10.0. The van der Waals surface area contributed by atoms with E-state index in [4.69, 9.17) is 5.11 Å². The van der Waals surface area contributed by atoms with Crippen molar-refractivity contribution in [3.05, 3.63) is 0 Å². The van der Waals surface area contributed by atoms with Gasteiger partial charge in [-0.25, -0.2) is 13.1 Å². The summed E-state index contributed by atoms with van der Waals surface area (Å²) in [5.41, 5.74) is -1.21. The number of alkyl halides is 2. The Morgan fingerprint density at radius 1 is 1.54 bits per heavy atom. The fraction of sp³-hybridized carbons (Fsp3) is 1.00. The molecule has 0 amide bonds. The van der Waals surface area contributed by atoms with E-state index in [1.807, 2.05) is 0 Å². The minimum Gasteiger partial charge on any atom is -0.394 e. The van der Waals surface area contributed by atoms with Crippen LogP contribution >= 0.6 is 0 Å². The van der Waals surface area contributed by atoms with Gasteiger partial charge in [0, 0.05) is 0 Å². The zero-order valence-corrected chi connectivity index (χ0v) is 8.24. The molecule has 0 radical (unpaired) electrons. The molecule has 1 unspecified atom stereocenters. The largest absolute Gasteiger partial charge is 0.394 e. The minimum atomic E-state index is -4.62. The van der Waals surface area contributed by atoms with E-state index in [0.717, 1.165) is 0 Å². The third-order valence-corrected chi connectivity index (χ3v) is 3.00. The lowest BCUT2D eigenvalue weighted by Crippen LogP contribution is -2.50. The lowest BCUT2D eigenvalue weighted by molar-refractivity contribution is 0.182. The fourth-order valence-corrected chi connectivity index (χ4v) is 1.59. The number of nitrogens with one attached hydrogen (secondary N) is 1. The molecule has 7 heteroatoms. The monoisotopic (exact) mass is 217 g/mol. The molecule has 0 saturated heterocycles. The maximum atomic E-state index is 11.9. The Kier molecular flexibility index (Phi) is 4.21. The van der Waals surface area contributed by atoms with Crippen molar-refractivity contribution in [2.24, 2.45) is 0 Å². The van der Waals surface area contributed by atoms with Crippen molar-refractivity contribution < 1.29 is 22.3 Å². The number of aliphatic hydroxyl groups excluding tert-OH is 1. The van der Waals surface area contributed by atoms with E-state index < -0.39 is 27.9 Å². The van der Waals surface area contributed by atoms with Gasteiger partial charge in [-0.3, -0.25) is 0 Å². The Morgan fingerprint density at radius 2 is 2.00 bits per heavy atom. The van der Waals surface area contributed by atoms with Gasteiger partial charge in [0.05, 0.1) is 12.1 Å². The van der Waals surface area contributed by atoms with Crippen LogP contribution in [0.1, 0.15) is 20.3 Å². The third-order valence-electron chi connectivity index (χ3n) is 1.75. The normalized spacial score (nSPS) is 17.4. The van der Waals surface area contributed by atoms with Gasteiger partial charge >= 0.3 is 5.76 Å². The summed E-state index contributed by atoms with van der Waals surface area (Å²) in [6, 6.07) is 0.